The molecular weight excluding hydrogens is 300 g/mol. The molecule has 0 amide bonds. The largest absolute Gasteiger partial charge is 0.508 e. The SMILES string of the molecule is O=C(O)CC(O)(CC(=O)OC(=O)c1ccc(O)cc1)C(=O)O. The third kappa shape index (κ3) is 4.56. The van der Waals surface area contributed by atoms with E-state index in [1.165, 1.54) is 12.1 Å². The summed E-state index contributed by atoms with van der Waals surface area (Å²) in [5, 5.41) is 36.0. The number of ether oxygens (including phenoxy) is 1. The number of benzene rings is 1. The van der Waals surface area contributed by atoms with Crippen LogP contribution in [0, 0.1) is 0 Å². The molecule has 1 atom stereocenters. The normalized spacial score (nSPS) is 13.0. The lowest BCUT2D eigenvalue weighted by molar-refractivity contribution is -0.170. The molecule has 0 saturated carbocycles. The second-order valence-electron chi connectivity index (χ2n) is 4.39. The van der Waals surface area contributed by atoms with E-state index < -0.39 is 42.3 Å². The summed E-state index contributed by atoms with van der Waals surface area (Å²) < 4.78 is 4.33. The zero-order valence-corrected chi connectivity index (χ0v) is 11.1. The van der Waals surface area contributed by atoms with E-state index >= 15 is 0 Å². The summed E-state index contributed by atoms with van der Waals surface area (Å²) in [6.07, 6.45) is -2.44. The van der Waals surface area contributed by atoms with Crippen molar-refractivity contribution in [1.82, 2.24) is 0 Å². The van der Waals surface area contributed by atoms with Gasteiger partial charge in [0.05, 0.1) is 18.4 Å². The molecule has 1 unspecified atom stereocenters. The molecule has 0 spiro atoms. The minimum atomic E-state index is -2.88. The number of aliphatic hydroxyl groups is 1. The lowest BCUT2D eigenvalue weighted by atomic mass is 9.96. The van der Waals surface area contributed by atoms with Gasteiger partial charge in [-0.25, -0.2) is 9.59 Å². The number of hydrogen-bond donors (Lipinski definition) is 4. The first-order chi connectivity index (χ1) is 10.1. The van der Waals surface area contributed by atoms with Gasteiger partial charge in [0.15, 0.2) is 5.60 Å². The average molecular weight is 312 g/mol. The highest BCUT2D eigenvalue weighted by atomic mass is 16.6. The van der Waals surface area contributed by atoms with Gasteiger partial charge in [0.25, 0.3) is 0 Å². The average Bonchev–Trinajstić information content (AvgIpc) is 2.37. The Labute approximate surface area is 123 Å². The molecule has 0 radical (unpaired) electrons. The minimum absolute atomic E-state index is 0.0942. The van der Waals surface area contributed by atoms with Gasteiger partial charge in [-0.3, -0.25) is 9.59 Å². The summed E-state index contributed by atoms with van der Waals surface area (Å²) in [6.45, 7) is 0. The number of carboxylic acid groups (broad SMARTS) is 2. The van der Waals surface area contributed by atoms with Crippen molar-refractivity contribution in [2.45, 2.75) is 18.4 Å². The molecule has 0 fully saturated rings. The van der Waals surface area contributed by atoms with Crippen LogP contribution in [0.5, 0.6) is 5.75 Å². The highest BCUT2D eigenvalue weighted by Crippen LogP contribution is 2.18. The number of hydrogen-bond acceptors (Lipinski definition) is 7. The van der Waals surface area contributed by atoms with Gasteiger partial charge in [-0.1, -0.05) is 0 Å². The van der Waals surface area contributed by atoms with Gasteiger partial charge >= 0.3 is 23.9 Å². The summed E-state index contributed by atoms with van der Waals surface area (Å²) in [6, 6.07) is 4.65. The minimum Gasteiger partial charge on any atom is -0.508 e. The number of esters is 2. The molecule has 0 heterocycles. The van der Waals surface area contributed by atoms with Crippen LogP contribution in [-0.4, -0.2) is 49.9 Å². The summed E-state index contributed by atoms with van der Waals surface area (Å²) in [5.74, 6) is -6.21. The zero-order chi connectivity index (χ0) is 16.9. The molecule has 0 aromatic heterocycles. The Balaban J connectivity index is 2.75. The predicted octanol–water partition coefficient (Wildman–Crippen LogP) is -0.244. The van der Waals surface area contributed by atoms with Gasteiger partial charge in [-0.2, -0.15) is 0 Å². The fraction of sp³-hybridized carbons (Fsp3) is 0.231. The number of aliphatic carboxylic acids is 2. The number of aromatic hydroxyl groups is 1. The Bertz CT molecular complexity index is 604. The van der Waals surface area contributed by atoms with Crippen LogP contribution in [0.3, 0.4) is 0 Å². The van der Waals surface area contributed by atoms with Gasteiger partial charge in [0, 0.05) is 0 Å². The van der Waals surface area contributed by atoms with Crippen LogP contribution in [0.25, 0.3) is 0 Å². The Kier molecular flexibility index (Phi) is 5.19. The molecule has 9 heteroatoms. The first kappa shape index (κ1) is 17.1. The van der Waals surface area contributed by atoms with E-state index in [0.717, 1.165) is 12.1 Å². The highest BCUT2D eigenvalue weighted by Gasteiger charge is 2.41. The maximum atomic E-state index is 11.6. The standard InChI is InChI=1S/C13H12O9/c14-8-3-1-7(2-4-8)11(18)22-10(17)6-13(21,12(19)20)5-9(15)16/h1-4,14,21H,5-6H2,(H,15,16)(H,19,20). The van der Waals surface area contributed by atoms with Crippen LogP contribution in [0.2, 0.25) is 0 Å². The van der Waals surface area contributed by atoms with Gasteiger partial charge in [-0.15, -0.1) is 0 Å². The smallest absolute Gasteiger partial charge is 0.345 e. The Morgan fingerprint density at radius 3 is 2.00 bits per heavy atom. The van der Waals surface area contributed by atoms with E-state index in [9.17, 15) is 24.3 Å². The lowest BCUT2D eigenvalue weighted by Crippen LogP contribution is -2.43. The van der Waals surface area contributed by atoms with Crippen LogP contribution in [0.4, 0.5) is 0 Å². The van der Waals surface area contributed by atoms with Crippen LogP contribution in [0.15, 0.2) is 24.3 Å². The number of carbonyl (C=O) groups is 4. The number of phenolic OH excluding ortho intramolecular Hbond substituents is 1. The Morgan fingerprint density at radius 1 is 1.00 bits per heavy atom. The van der Waals surface area contributed by atoms with Crippen molar-refractivity contribution in [3.8, 4) is 5.75 Å². The van der Waals surface area contributed by atoms with Crippen molar-refractivity contribution in [2.24, 2.45) is 0 Å². The first-order valence-electron chi connectivity index (χ1n) is 5.85. The maximum Gasteiger partial charge on any atom is 0.345 e. The molecule has 0 saturated heterocycles. The summed E-state index contributed by atoms with van der Waals surface area (Å²) in [4.78, 5) is 44.4. The van der Waals surface area contributed by atoms with Crippen LogP contribution < -0.4 is 0 Å². The van der Waals surface area contributed by atoms with Crippen molar-refractivity contribution < 1.29 is 44.3 Å². The van der Waals surface area contributed by atoms with Gasteiger partial charge in [0.1, 0.15) is 5.75 Å². The van der Waals surface area contributed by atoms with Crippen molar-refractivity contribution in [1.29, 1.82) is 0 Å². The molecule has 118 valence electrons. The number of carboxylic acids is 2. The lowest BCUT2D eigenvalue weighted by Gasteiger charge is -2.19. The molecule has 4 N–H and O–H groups in total. The fourth-order valence-corrected chi connectivity index (χ4v) is 1.50. The second kappa shape index (κ2) is 6.68. The van der Waals surface area contributed by atoms with Crippen LogP contribution in [-0.2, 0) is 19.1 Å². The molecule has 0 bridgehead atoms. The summed E-state index contributed by atoms with van der Waals surface area (Å²) in [7, 11) is 0. The highest BCUT2D eigenvalue weighted by molar-refractivity contribution is 5.98. The quantitative estimate of drug-likeness (QED) is 0.410. The fourth-order valence-electron chi connectivity index (χ4n) is 1.50. The second-order valence-corrected chi connectivity index (χ2v) is 4.39. The van der Waals surface area contributed by atoms with Gasteiger partial charge in [0.2, 0.25) is 0 Å². The maximum absolute atomic E-state index is 11.6. The Morgan fingerprint density at radius 2 is 1.55 bits per heavy atom. The molecule has 1 aromatic rings. The van der Waals surface area contributed by atoms with E-state index in [4.69, 9.17) is 15.3 Å². The molecule has 1 rings (SSSR count). The molecule has 0 aliphatic heterocycles. The van der Waals surface area contributed by atoms with E-state index in [-0.39, 0.29) is 11.3 Å². The first-order valence-corrected chi connectivity index (χ1v) is 5.85. The van der Waals surface area contributed by atoms with E-state index in [2.05, 4.69) is 4.74 Å². The number of carbonyl (C=O) groups excluding carboxylic acids is 2. The monoisotopic (exact) mass is 312 g/mol. The number of rotatable bonds is 6. The van der Waals surface area contributed by atoms with Crippen molar-refractivity contribution in [2.75, 3.05) is 0 Å². The van der Waals surface area contributed by atoms with Crippen molar-refractivity contribution in [3.63, 3.8) is 0 Å². The molecule has 9 nitrogen and oxygen atoms in total. The predicted molar refractivity (Wildman–Crippen MR) is 68.0 cm³/mol. The molecule has 0 aliphatic rings. The molecular formula is C13H12O9. The van der Waals surface area contributed by atoms with Crippen LogP contribution in [0.1, 0.15) is 23.2 Å². The zero-order valence-electron chi connectivity index (χ0n) is 11.1. The molecule has 22 heavy (non-hydrogen) atoms. The van der Waals surface area contributed by atoms with E-state index in [1.54, 1.807) is 0 Å². The summed E-state index contributed by atoms with van der Waals surface area (Å²) >= 11 is 0. The molecule has 0 aliphatic carbocycles. The number of phenols is 1. The van der Waals surface area contributed by atoms with E-state index in [1.807, 2.05) is 0 Å². The third-order valence-electron chi connectivity index (χ3n) is 2.59. The summed E-state index contributed by atoms with van der Waals surface area (Å²) in [5.41, 5.74) is -2.97. The molecule has 1 aromatic carbocycles. The van der Waals surface area contributed by atoms with Crippen LogP contribution >= 0.6 is 0 Å². The van der Waals surface area contributed by atoms with Crippen molar-refractivity contribution >= 4 is 23.9 Å². The van der Waals surface area contributed by atoms with Crippen molar-refractivity contribution in [3.05, 3.63) is 29.8 Å². The third-order valence-corrected chi connectivity index (χ3v) is 2.59. The Hall–Kier alpha value is -2.94. The topological polar surface area (TPSA) is 158 Å². The van der Waals surface area contributed by atoms with E-state index in [0.29, 0.717) is 0 Å². The van der Waals surface area contributed by atoms with Gasteiger partial charge < -0.3 is 25.2 Å². The van der Waals surface area contributed by atoms with Gasteiger partial charge in [-0.05, 0) is 24.3 Å².